The summed E-state index contributed by atoms with van der Waals surface area (Å²) in [5.41, 5.74) is 0. The Morgan fingerprint density at radius 1 is 1.38 bits per heavy atom. The third kappa shape index (κ3) is 3.14. The van der Waals surface area contributed by atoms with Gasteiger partial charge in [-0.1, -0.05) is 20.3 Å². The van der Waals surface area contributed by atoms with E-state index in [0.29, 0.717) is 0 Å². The normalized spacial score (nSPS) is 14.8. The molecule has 0 aliphatic rings. The first-order chi connectivity index (χ1) is 5.91. The molecule has 0 fully saturated rings. The van der Waals surface area contributed by atoms with Gasteiger partial charge in [0.25, 0.3) is 0 Å². The molecule has 0 saturated carbocycles. The number of nitrogens with two attached hydrogens (primary N) is 1. The third-order valence-corrected chi connectivity index (χ3v) is 2.26. The van der Waals surface area contributed by atoms with Crippen molar-refractivity contribution in [1.82, 2.24) is 5.01 Å². The van der Waals surface area contributed by atoms with E-state index in [9.17, 15) is 9.59 Å². The topological polar surface area (TPSA) is 63.4 Å². The summed E-state index contributed by atoms with van der Waals surface area (Å²) in [6.45, 7) is 6.70. The molecule has 0 rings (SSSR count). The first-order valence-electron chi connectivity index (χ1n) is 4.46. The number of carbonyl (C=O) groups is 2. The quantitative estimate of drug-likeness (QED) is 0.399. The van der Waals surface area contributed by atoms with E-state index >= 15 is 0 Å². The van der Waals surface area contributed by atoms with Crippen LogP contribution in [0.15, 0.2) is 0 Å². The number of Topliss-reactive ketones (excluding diaryl/α,β-unsaturated/α-hetero) is 1. The fraction of sp³-hybridized carbons (Fsp3) is 0.778. The first-order valence-corrected chi connectivity index (χ1v) is 4.46. The van der Waals surface area contributed by atoms with Gasteiger partial charge >= 0.3 is 0 Å². The van der Waals surface area contributed by atoms with Gasteiger partial charge in [-0.25, -0.2) is 5.84 Å². The summed E-state index contributed by atoms with van der Waals surface area (Å²) in [5, 5.41) is 1.02. The second-order valence-corrected chi connectivity index (χ2v) is 3.37. The summed E-state index contributed by atoms with van der Waals surface area (Å²) in [6.07, 6.45) is 0.825. The maximum absolute atomic E-state index is 11.2. The monoisotopic (exact) mass is 186 g/mol. The zero-order chi connectivity index (χ0) is 10.6. The maximum atomic E-state index is 11.2. The van der Waals surface area contributed by atoms with Gasteiger partial charge in [0.15, 0.2) is 5.78 Å². The van der Waals surface area contributed by atoms with E-state index in [0.717, 1.165) is 11.4 Å². The van der Waals surface area contributed by atoms with Crippen LogP contribution in [0.1, 0.15) is 34.1 Å². The van der Waals surface area contributed by atoms with Gasteiger partial charge in [0.05, 0.1) is 0 Å². The van der Waals surface area contributed by atoms with Crippen molar-refractivity contribution >= 4 is 11.7 Å². The molecule has 0 bridgehead atoms. The van der Waals surface area contributed by atoms with Crippen LogP contribution in [0.3, 0.4) is 0 Å². The Kier molecular flexibility index (Phi) is 4.62. The van der Waals surface area contributed by atoms with Crippen molar-refractivity contribution in [3.05, 3.63) is 0 Å². The van der Waals surface area contributed by atoms with Crippen LogP contribution in [0.4, 0.5) is 0 Å². The summed E-state index contributed by atoms with van der Waals surface area (Å²) in [4.78, 5) is 22.2. The highest BCUT2D eigenvalue weighted by molar-refractivity contribution is 5.86. The highest BCUT2D eigenvalue weighted by atomic mass is 16.2. The molecule has 1 amide bonds. The third-order valence-electron chi connectivity index (χ3n) is 2.26. The van der Waals surface area contributed by atoms with Gasteiger partial charge in [0, 0.05) is 6.92 Å². The zero-order valence-corrected chi connectivity index (χ0v) is 8.70. The van der Waals surface area contributed by atoms with Crippen molar-refractivity contribution in [3.63, 3.8) is 0 Å². The van der Waals surface area contributed by atoms with Crippen molar-refractivity contribution in [2.24, 2.45) is 11.8 Å². The summed E-state index contributed by atoms with van der Waals surface area (Å²) < 4.78 is 0. The Balaban J connectivity index is 4.60. The van der Waals surface area contributed by atoms with Gasteiger partial charge in [-0.3, -0.25) is 14.6 Å². The molecular formula is C9H18N2O2. The van der Waals surface area contributed by atoms with Crippen molar-refractivity contribution in [1.29, 1.82) is 0 Å². The molecule has 0 aromatic carbocycles. The fourth-order valence-corrected chi connectivity index (χ4v) is 1.29. The van der Waals surface area contributed by atoms with Crippen LogP contribution in [0.2, 0.25) is 0 Å². The molecule has 0 spiro atoms. The van der Waals surface area contributed by atoms with Crippen LogP contribution in [0.5, 0.6) is 0 Å². The summed E-state index contributed by atoms with van der Waals surface area (Å²) in [5.74, 6) is 5.26. The van der Waals surface area contributed by atoms with E-state index in [4.69, 9.17) is 5.84 Å². The summed E-state index contributed by atoms with van der Waals surface area (Å²) in [6, 6.07) is -0.484. The van der Waals surface area contributed by atoms with E-state index in [1.165, 1.54) is 13.8 Å². The van der Waals surface area contributed by atoms with Gasteiger partial charge in [-0.15, -0.1) is 0 Å². The maximum Gasteiger partial charge on any atom is 0.234 e. The van der Waals surface area contributed by atoms with Gasteiger partial charge < -0.3 is 0 Å². The lowest BCUT2D eigenvalue weighted by molar-refractivity contribution is -0.139. The van der Waals surface area contributed by atoms with E-state index < -0.39 is 6.04 Å². The second kappa shape index (κ2) is 4.97. The van der Waals surface area contributed by atoms with Crippen LogP contribution in [-0.2, 0) is 9.59 Å². The molecular weight excluding hydrogens is 168 g/mol. The number of hydrogen-bond acceptors (Lipinski definition) is 3. The molecule has 13 heavy (non-hydrogen) atoms. The second-order valence-electron chi connectivity index (χ2n) is 3.37. The number of nitrogens with zero attached hydrogens (tertiary/aromatic N) is 1. The molecule has 76 valence electrons. The fourth-order valence-electron chi connectivity index (χ4n) is 1.29. The minimum atomic E-state index is -0.484. The van der Waals surface area contributed by atoms with Crippen LogP contribution in [-0.4, -0.2) is 22.7 Å². The van der Waals surface area contributed by atoms with Gasteiger partial charge in [-0.05, 0) is 12.8 Å². The van der Waals surface area contributed by atoms with Crippen molar-refractivity contribution in [2.45, 2.75) is 40.2 Å². The SMILES string of the molecule is CCC(C)C(C(C)=O)N(N)C(C)=O. The lowest BCUT2D eigenvalue weighted by Crippen LogP contribution is -2.51. The number of hydrazine groups is 1. The molecule has 2 unspecified atom stereocenters. The van der Waals surface area contributed by atoms with Crippen LogP contribution >= 0.6 is 0 Å². The van der Waals surface area contributed by atoms with Crippen LogP contribution < -0.4 is 5.84 Å². The first kappa shape index (κ1) is 12.1. The number of hydrogen-bond donors (Lipinski definition) is 1. The number of carbonyl (C=O) groups excluding carboxylic acids is 2. The predicted octanol–water partition coefficient (Wildman–Crippen LogP) is 0.712. The molecule has 0 saturated heterocycles. The molecule has 2 N–H and O–H groups in total. The summed E-state index contributed by atoms with van der Waals surface area (Å²) >= 11 is 0. The lowest BCUT2D eigenvalue weighted by atomic mass is 9.95. The minimum Gasteiger partial charge on any atom is -0.298 e. The highest BCUT2D eigenvalue weighted by Gasteiger charge is 2.27. The van der Waals surface area contributed by atoms with Crippen LogP contribution in [0.25, 0.3) is 0 Å². The van der Waals surface area contributed by atoms with Gasteiger partial charge in [0.1, 0.15) is 6.04 Å². The van der Waals surface area contributed by atoms with Crippen LogP contribution in [0, 0.1) is 5.92 Å². The average molecular weight is 186 g/mol. The molecule has 0 aromatic heterocycles. The summed E-state index contributed by atoms with van der Waals surface area (Å²) in [7, 11) is 0. The highest BCUT2D eigenvalue weighted by Crippen LogP contribution is 2.13. The van der Waals surface area contributed by atoms with Crippen molar-refractivity contribution in [2.75, 3.05) is 0 Å². The standard InChI is InChI=1S/C9H18N2O2/c1-5-6(2)9(7(3)12)11(10)8(4)13/h6,9H,5,10H2,1-4H3. The molecule has 4 nitrogen and oxygen atoms in total. The van der Waals surface area contributed by atoms with Crippen molar-refractivity contribution < 1.29 is 9.59 Å². The smallest absolute Gasteiger partial charge is 0.234 e. The van der Waals surface area contributed by atoms with E-state index in [-0.39, 0.29) is 17.6 Å². The Morgan fingerprint density at radius 3 is 2.08 bits per heavy atom. The number of amides is 1. The minimum absolute atomic E-state index is 0.0629. The largest absolute Gasteiger partial charge is 0.298 e. The van der Waals surface area contributed by atoms with Gasteiger partial charge in [0.2, 0.25) is 5.91 Å². The van der Waals surface area contributed by atoms with E-state index in [1.807, 2.05) is 13.8 Å². The Bertz CT molecular complexity index is 204. The van der Waals surface area contributed by atoms with Crippen molar-refractivity contribution in [3.8, 4) is 0 Å². The zero-order valence-electron chi connectivity index (χ0n) is 8.70. The Hall–Kier alpha value is -0.900. The van der Waals surface area contributed by atoms with E-state index in [1.54, 1.807) is 0 Å². The average Bonchev–Trinajstić information content (AvgIpc) is 2.03. The molecule has 4 heteroatoms. The number of ketones is 1. The molecule has 2 atom stereocenters. The van der Waals surface area contributed by atoms with E-state index in [2.05, 4.69) is 0 Å². The number of rotatable bonds is 4. The predicted molar refractivity (Wildman–Crippen MR) is 50.6 cm³/mol. The molecule has 0 heterocycles. The molecule has 0 radical (unpaired) electrons. The Morgan fingerprint density at radius 2 is 1.85 bits per heavy atom. The molecule has 0 aliphatic heterocycles. The van der Waals surface area contributed by atoms with Gasteiger partial charge in [-0.2, -0.15) is 0 Å². The Labute approximate surface area is 79.1 Å². The molecule has 0 aliphatic carbocycles. The molecule has 0 aromatic rings. The lowest BCUT2D eigenvalue weighted by Gasteiger charge is -2.28.